The molecule has 0 radical (unpaired) electrons. The third-order valence-electron chi connectivity index (χ3n) is 1.25. The summed E-state index contributed by atoms with van der Waals surface area (Å²) in [4.78, 5) is 30.0. The maximum Gasteiger partial charge on any atom is 1.00 e. The van der Waals surface area contributed by atoms with Gasteiger partial charge in [0, 0.05) is 24.8 Å². The molecule has 0 aliphatic rings. The Hall–Kier alpha value is 0.967. The number of carboxylic acid groups (broad SMARTS) is 3. The minimum atomic E-state index is -2.97. The molecule has 7 nitrogen and oxygen atoms in total. The van der Waals surface area contributed by atoms with Gasteiger partial charge in [-0.1, -0.05) is 0 Å². The second kappa shape index (κ2) is 11.1. The van der Waals surface area contributed by atoms with Crippen LogP contribution in [0.25, 0.3) is 0 Å². The van der Waals surface area contributed by atoms with Crippen LogP contribution in [0, 0.1) is 0 Å². The molecule has 0 unspecified atom stereocenters. The number of hydrogen-bond acceptors (Lipinski definition) is 7. The zero-order valence-electron chi connectivity index (χ0n) is 9.31. The SMILES string of the molecule is O=C([O-])CC(O)(CC(=O)[O-])C(=O)[O-].[Li+].[Na+].[Na+]. The predicted octanol–water partition coefficient (Wildman–Crippen LogP) is -14.2. The van der Waals surface area contributed by atoms with E-state index in [1.807, 2.05) is 0 Å². The van der Waals surface area contributed by atoms with Crippen LogP contribution >= 0.6 is 0 Å². The fourth-order valence-electron chi connectivity index (χ4n) is 0.684. The van der Waals surface area contributed by atoms with E-state index in [0.29, 0.717) is 0 Å². The van der Waals surface area contributed by atoms with E-state index >= 15 is 0 Å². The first-order valence-corrected chi connectivity index (χ1v) is 3.11. The molecular weight excluding hydrogens is 237 g/mol. The van der Waals surface area contributed by atoms with Crippen molar-refractivity contribution in [2.45, 2.75) is 18.4 Å². The van der Waals surface area contributed by atoms with Gasteiger partial charge in [0.25, 0.3) is 0 Å². The van der Waals surface area contributed by atoms with E-state index in [1.165, 1.54) is 0 Å². The molecule has 10 heteroatoms. The van der Waals surface area contributed by atoms with Gasteiger partial charge in [0.2, 0.25) is 0 Å². The zero-order chi connectivity index (χ0) is 10.6. The normalized spacial score (nSPS) is 8.81. The van der Waals surface area contributed by atoms with Crippen LogP contribution in [0.2, 0.25) is 0 Å². The van der Waals surface area contributed by atoms with Crippen molar-refractivity contribution in [3.63, 3.8) is 0 Å². The van der Waals surface area contributed by atoms with Gasteiger partial charge in [-0.05, 0) is 0 Å². The van der Waals surface area contributed by atoms with Crippen LogP contribution in [0.4, 0.5) is 0 Å². The van der Waals surface area contributed by atoms with E-state index in [4.69, 9.17) is 5.11 Å². The molecule has 1 N–H and O–H groups in total. The van der Waals surface area contributed by atoms with Gasteiger partial charge in [-0.25, -0.2) is 0 Å². The van der Waals surface area contributed by atoms with Crippen molar-refractivity contribution in [2.24, 2.45) is 0 Å². The summed E-state index contributed by atoms with van der Waals surface area (Å²) in [5.41, 5.74) is -2.97. The number of carbonyl (C=O) groups excluding carboxylic acids is 3. The number of carboxylic acids is 3. The Morgan fingerprint density at radius 1 is 0.938 bits per heavy atom. The van der Waals surface area contributed by atoms with Gasteiger partial charge in [-0.3, -0.25) is 0 Å². The van der Waals surface area contributed by atoms with Crippen LogP contribution in [0.5, 0.6) is 0 Å². The molecule has 0 aromatic carbocycles. The molecule has 0 aliphatic heterocycles. The van der Waals surface area contributed by atoms with Crippen molar-refractivity contribution in [2.75, 3.05) is 0 Å². The first kappa shape index (κ1) is 25.7. The molecular formula is C6H5LiNa2O7. The van der Waals surface area contributed by atoms with Crippen LogP contribution < -0.4 is 93.3 Å². The molecule has 0 rings (SSSR count). The van der Waals surface area contributed by atoms with Gasteiger partial charge in [0.05, 0.1) is 5.97 Å². The average Bonchev–Trinajstić information content (AvgIpc) is 1.82. The Bertz CT molecular complexity index is 241. The molecule has 0 aromatic heterocycles. The summed E-state index contributed by atoms with van der Waals surface area (Å²) in [5, 5.41) is 38.9. The molecule has 0 heterocycles. The molecule has 0 saturated carbocycles. The monoisotopic (exact) mass is 242 g/mol. The zero-order valence-corrected chi connectivity index (χ0v) is 13.3. The fraction of sp³-hybridized carbons (Fsp3) is 0.500. The molecule has 0 saturated heterocycles. The topological polar surface area (TPSA) is 141 Å². The molecule has 0 fully saturated rings. The number of rotatable bonds is 5. The van der Waals surface area contributed by atoms with E-state index < -0.39 is 36.4 Å². The first-order valence-electron chi connectivity index (χ1n) is 3.11. The van der Waals surface area contributed by atoms with Crippen molar-refractivity contribution in [3.8, 4) is 0 Å². The number of carbonyl (C=O) groups is 3. The third kappa shape index (κ3) is 10.1. The Morgan fingerprint density at radius 3 is 1.31 bits per heavy atom. The summed E-state index contributed by atoms with van der Waals surface area (Å²) in [7, 11) is 0. The summed E-state index contributed by atoms with van der Waals surface area (Å²) in [6, 6.07) is 0. The van der Waals surface area contributed by atoms with Crippen LogP contribution in [0.15, 0.2) is 0 Å². The standard InChI is InChI=1S/C6H8O7.Li.2Na/c7-3(8)1-6(13,5(11)12)2-4(9)10;;;/h13H,1-2H2,(H,7,8)(H,9,10)(H,11,12);;;/q;3*+1/p-3. The minimum absolute atomic E-state index is 0. The molecule has 0 spiro atoms. The Balaban J connectivity index is -0.000000240. The number of aliphatic carboxylic acids is 3. The van der Waals surface area contributed by atoms with Gasteiger partial charge in [0.1, 0.15) is 5.60 Å². The molecule has 74 valence electrons. The Morgan fingerprint density at radius 2 is 1.19 bits per heavy atom. The maximum absolute atomic E-state index is 10.1. The maximum atomic E-state index is 10.1. The summed E-state index contributed by atoms with van der Waals surface area (Å²) in [6.45, 7) is 0. The summed E-state index contributed by atoms with van der Waals surface area (Å²) >= 11 is 0. The molecule has 0 amide bonds. The number of aliphatic hydroxyl groups is 1. The Labute approximate surface area is 147 Å². The molecule has 16 heavy (non-hydrogen) atoms. The van der Waals surface area contributed by atoms with Crippen LogP contribution in [-0.2, 0) is 14.4 Å². The van der Waals surface area contributed by atoms with Gasteiger partial charge < -0.3 is 34.8 Å². The van der Waals surface area contributed by atoms with Crippen molar-refractivity contribution < 1.29 is 113 Å². The van der Waals surface area contributed by atoms with Gasteiger partial charge in [0.15, 0.2) is 0 Å². The van der Waals surface area contributed by atoms with E-state index in [1.54, 1.807) is 0 Å². The van der Waals surface area contributed by atoms with Crippen molar-refractivity contribution in [1.29, 1.82) is 0 Å². The Kier molecular flexibility index (Phi) is 17.8. The van der Waals surface area contributed by atoms with E-state index in [-0.39, 0.29) is 78.0 Å². The summed E-state index contributed by atoms with van der Waals surface area (Å²) < 4.78 is 0. The van der Waals surface area contributed by atoms with Crippen LogP contribution in [0.3, 0.4) is 0 Å². The van der Waals surface area contributed by atoms with E-state index in [9.17, 15) is 29.7 Å². The molecule has 0 aromatic rings. The van der Waals surface area contributed by atoms with Gasteiger partial charge >= 0.3 is 78.0 Å². The largest absolute Gasteiger partial charge is 1.00 e. The summed E-state index contributed by atoms with van der Waals surface area (Å²) in [5.74, 6) is -5.98. The average molecular weight is 242 g/mol. The summed E-state index contributed by atoms with van der Waals surface area (Å²) in [6.07, 6.45) is -2.72. The first-order chi connectivity index (χ1) is 5.78. The third-order valence-corrected chi connectivity index (χ3v) is 1.25. The smallest absolute Gasteiger partial charge is 0.550 e. The van der Waals surface area contributed by atoms with Gasteiger partial charge in [-0.2, -0.15) is 0 Å². The van der Waals surface area contributed by atoms with E-state index in [0.717, 1.165) is 0 Å². The molecule has 0 aliphatic carbocycles. The second-order valence-electron chi connectivity index (χ2n) is 2.42. The quantitative estimate of drug-likeness (QED) is 0.471. The van der Waals surface area contributed by atoms with Crippen LogP contribution in [-0.4, -0.2) is 28.6 Å². The fourth-order valence-corrected chi connectivity index (χ4v) is 0.684. The van der Waals surface area contributed by atoms with E-state index in [2.05, 4.69) is 0 Å². The predicted molar refractivity (Wildman–Crippen MR) is 29.2 cm³/mol. The minimum Gasteiger partial charge on any atom is -0.550 e. The number of hydrogen-bond donors (Lipinski definition) is 1. The second-order valence-corrected chi connectivity index (χ2v) is 2.42. The van der Waals surface area contributed by atoms with Crippen molar-refractivity contribution in [3.05, 3.63) is 0 Å². The molecule has 0 bridgehead atoms. The molecule has 0 atom stereocenters. The van der Waals surface area contributed by atoms with Crippen molar-refractivity contribution >= 4 is 17.9 Å². The van der Waals surface area contributed by atoms with Crippen molar-refractivity contribution in [1.82, 2.24) is 0 Å². The van der Waals surface area contributed by atoms with Gasteiger partial charge in [-0.15, -0.1) is 0 Å². The van der Waals surface area contributed by atoms with Crippen LogP contribution in [0.1, 0.15) is 12.8 Å².